The molecule has 2 N–H and O–H groups in total. The summed E-state index contributed by atoms with van der Waals surface area (Å²) >= 11 is 0. The van der Waals surface area contributed by atoms with Crippen LogP contribution in [0.1, 0.15) is 27.7 Å². The quantitative estimate of drug-likeness (QED) is 0.723. The highest BCUT2D eigenvalue weighted by molar-refractivity contribution is 5.81. The highest BCUT2D eigenvalue weighted by Crippen LogP contribution is 2.15. The lowest BCUT2D eigenvalue weighted by Crippen LogP contribution is -2.43. The van der Waals surface area contributed by atoms with Crippen molar-refractivity contribution in [3.63, 3.8) is 0 Å². The molecule has 1 aromatic rings. The van der Waals surface area contributed by atoms with Crippen LogP contribution in [0, 0.1) is 0 Å². The Morgan fingerprint density at radius 3 is 2.38 bits per heavy atom. The standard InChI is InChI=1S/C16H26N2O3/c1-5-20-10-11-21-14-8-6-13(7-9-14)17-12-15(19)18-16(2,3)4/h6-9,17H,5,10-12H2,1-4H3,(H,18,19). The number of carbonyl (C=O) groups is 1. The summed E-state index contributed by atoms with van der Waals surface area (Å²) in [7, 11) is 0. The molecule has 1 aromatic carbocycles. The first-order valence-electron chi connectivity index (χ1n) is 7.26. The van der Waals surface area contributed by atoms with E-state index in [1.165, 1.54) is 0 Å². The second-order valence-electron chi connectivity index (χ2n) is 5.72. The van der Waals surface area contributed by atoms with E-state index in [-0.39, 0.29) is 18.0 Å². The topological polar surface area (TPSA) is 59.6 Å². The predicted octanol–water partition coefficient (Wildman–Crippen LogP) is 2.43. The monoisotopic (exact) mass is 294 g/mol. The van der Waals surface area contributed by atoms with Gasteiger partial charge < -0.3 is 20.1 Å². The van der Waals surface area contributed by atoms with Gasteiger partial charge in [0.25, 0.3) is 0 Å². The molecular weight excluding hydrogens is 268 g/mol. The second-order valence-corrected chi connectivity index (χ2v) is 5.72. The third-order valence-electron chi connectivity index (χ3n) is 2.52. The van der Waals surface area contributed by atoms with Gasteiger partial charge >= 0.3 is 0 Å². The van der Waals surface area contributed by atoms with Crippen molar-refractivity contribution in [3.05, 3.63) is 24.3 Å². The fourth-order valence-corrected chi connectivity index (χ4v) is 1.68. The van der Waals surface area contributed by atoms with Crippen LogP contribution in [-0.2, 0) is 9.53 Å². The van der Waals surface area contributed by atoms with E-state index in [4.69, 9.17) is 9.47 Å². The predicted molar refractivity (Wildman–Crippen MR) is 84.8 cm³/mol. The van der Waals surface area contributed by atoms with Gasteiger partial charge in [-0.1, -0.05) is 0 Å². The molecule has 0 atom stereocenters. The van der Waals surface area contributed by atoms with Crippen molar-refractivity contribution >= 4 is 11.6 Å². The van der Waals surface area contributed by atoms with Gasteiger partial charge in [-0.3, -0.25) is 4.79 Å². The molecule has 0 aliphatic rings. The molecule has 0 unspecified atom stereocenters. The van der Waals surface area contributed by atoms with E-state index in [0.29, 0.717) is 19.8 Å². The van der Waals surface area contributed by atoms with Crippen LogP contribution < -0.4 is 15.4 Å². The van der Waals surface area contributed by atoms with E-state index in [1.54, 1.807) is 0 Å². The number of hydrogen-bond donors (Lipinski definition) is 2. The van der Waals surface area contributed by atoms with Crippen LogP contribution in [-0.4, -0.2) is 37.8 Å². The van der Waals surface area contributed by atoms with E-state index in [9.17, 15) is 4.79 Å². The van der Waals surface area contributed by atoms with E-state index in [2.05, 4.69) is 10.6 Å². The molecule has 0 aliphatic carbocycles. The van der Waals surface area contributed by atoms with E-state index >= 15 is 0 Å². The van der Waals surface area contributed by atoms with Crippen LogP contribution in [0.5, 0.6) is 5.75 Å². The maximum atomic E-state index is 11.7. The number of rotatable bonds is 8. The molecule has 0 fully saturated rings. The molecule has 0 saturated heterocycles. The van der Waals surface area contributed by atoms with Gasteiger partial charge in [0.2, 0.25) is 5.91 Å². The molecule has 0 bridgehead atoms. The molecule has 21 heavy (non-hydrogen) atoms. The van der Waals surface area contributed by atoms with Crippen LogP contribution in [0.3, 0.4) is 0 Å². The summed E-state index contributed by atoms with van der Waals surface area (Å²) < 4.78 is 10.7. The van der Waals surface area contributed by atoms with Crippen LogP contribution in [0.2, 0.25) is 0 Å². The second kappa shape index (κ2) is 8.52. The van der Waals surface area contributed by atoms with Crippen molar-refractivity contribution in [2.45, 2.75) is 33.2 Å². The van der Waals surface area contributed by atoms with E-state index < -0.39 is 0 Å². The third-order valence-corrected chi connectivity index (χ3v) is 2.52. The molecule has 5 heteroatoms. The Bertz CT molecular complexity index is 424. The van der Waals surface area contributed by atoms with Crippen LogP contribution in [0.25, 0.3) is 0 Å². The van der Waals surface area contributed by atoms with E-state index in [1.807, 2.05) is 52.0 Å². The molecule has 0 heterocycles. The Kier molecular flexibility index (Phi) is 7.02. The molecule has 5 nitrogen and oxygen atoms in total. The summed E-state index contributed by atoms with van der Waals surface area (Å²) in [6.07, 6.45) is 0. The minimum Gasteiger partial charge on any atom is -0.491 e. The first kappa shape index (κ1) is 17.3. The summed E-state index contributed by atoms with van der Waals surface area (Å²) in [5.41, 5.74) is 0.674. The lowest BCUT2D eigenvalue weighted by Gasteiger charge is -2.20. The lowest BCUT2D eigenvalue weighted by atomic mass is 10.1. The zero-order valence-electron chi connectivity index (χ0n) is 13.4. The van der Waals surface area contributed by atoms with Crippen LogP contribution in [0.15, 0.2) is 24.3 Å². The van der Waals surface area contributed by atoms with Crippen molar-refractivity contribution in [1.82, 2.24) is 5.32 Å². The maximum absolute atomic E-state index is 11.7. The van der Waals surface area contributed by atoms with Gasteiger partial charge in [0, 0.05) is 17.8 Å². The van der Waals surface area contributed by atoms with Crippen LogP contribution in [0.4, 0.5) is 5.69 Å². The fraction of sp³-hybridized carbons (Fsp3) is 0.562. The third kappa shape index (κ3) is 8.19. The van der Waals surface area contributed by atoms with Crippen molar-refractivity contribution in [2.75, 3.05) is 31.7 Å². The Hall–Kier alpha value is -1.75. The molecule has 0 saturated carbocycles. The number of hydrogen-bond acceptors (Lipinski definition) is 4. The summed E-state index contributed by atoms with van der Waals surface area (Å²) in [6.45, 7) is 9.90. The minimum absolute atomic E-state index is 0.0282. The number of nitrogens with one attached hydrogen (secondary N) is 2. The summed E-state index contributed by atoms with van der Waals surface area (Å²) in [5.74, 6) is 0.763. The fourth-order valence-electron chi connectivity index (χ4n) is 1.68. The first-order chi connectivity index (χ1) is 9.90. The molecule has 1 rings (SSSR count). The summed E-state index contributed by atoms with van der Waals surface area (Å²) in [4.78, 5) is 11.7. The highest BCUT2D eigenvalue weighted by Gasteiger charge is 2.12. The van der Waals surface area contributed by atoms with E-state index in [0.717, 1.165) is 11.4 Å². The number of carbonyl (C=O) groups excluding carboxylic acids is 1. The van der Waals surface area contributed by atoms with Crippen molar-refractivity contribution in [3.8, 4) is 5.75 Å². The molecule has 0 radical (unpaired) electrons. The van der Waals surface area contributed by atoms with Gasteiger partial charge in [0.1, 0.15) is 12.4 Å². The maximum Gasteiger partial charge on any atom is 0.239 e. The zero-order chi connectivity index (χ0) is 15.7. The van der Waals surface area contributed by atoms with Gasteiger partial charge in [-0.2, -0.15) is 0 Å². The van der Waals surface area contributed by atoms with Gasteiger partial charge in [0.05, 0.1) is 13.2 Å². The molecule has 0 aliphatic heterocycles. The number of anilines is 1. The van der Waals surface area contributed by atoms with Gasteiger partial charge in [0.15, 0.2) is 0 Å². The number of amides is 1. The lowest BCUT2D eigenvalue weighted by molar-refractivity contribution is -0.120. The smallest absolute Gasteiger partial charge is 0.239 e. The summed E-state index contributed by atoms with van der Waals surface area (Å²) in [6, 6.07) is 7.52. The number of ether oxygens (including phenoxy) is 2. The van der Waals surface area contributed by atoms with Crippen molar-refractivity contribution in [1.29, 1.82) is 0 Å². The Morgan fingerprint density at radius 2 is 1.81 bits per heavy atom. The number of benzene rings is 1. The molecule has 0 spiro atoms. The molecular formula is C16H26N2O3. The first-order valence-corrected chi connectivity index (χ1v) is 7.26. The Labute approximate surface area is 127 Å². The molecule has 118 valence electrons. The minimum atomic E-state index is -0.211. The summed E-state index contributed by atoms with van der Waals surface area (Å²) in [5, 5.41) is 5.98. The zero-order valence-corrected chi connectivity index (χ0v) is 13.4. The van der Waals surface area contributed by atoms with Gasteiger partial charge in [-0.15, -0.1) is 0 Å². The van der Waals surface area contributed by atoms with Crippen molar-refractivity contribution < 1.29 is 14.3 Å². The highest BCUT2D eigenvalue weighted by atomic mass is 16.5. The normalized spacial score (nSPS) is 11.0. The average molecular weight is 294 g/mol. The van der Waals surface area contributed by atoms with Crippen LogP contribution >= 0.6 is 0 Å². The van der Waals surface area contributed by atoms with Gasteiger partial charge in [-0.05, 0) is 52.0 Å². The largest absolute Gasteiger partial charge is 0.491 e. The SMILES string of the molecule is CCOCCOc1ccc(NCC(=O)NC(C)(C)C)cc1. The average Bonchev–Trinajstić information content (AvgIpc) is 2.41. The molecule has 1 amide bonds. The Morgan fingerprint density at radius 1 is 1.14 bits per heavy atom. The van der Waals surface area contributed by atoms with Gasteiger partial charge in [-0.25, -0.2) is 0 Å². The molecule has 0 aromatic heterocycles. The van der Waals surface area contributed by atoms with Crippen molar-refractivity contribution in [2.24, 2.45) is 0 Å². The Balaban J connectivity index is 2.32.